The van der Waals surface area contributed by atoms with Gasteiger partial charge in [-0.2, -0.15) is 0 Å². The van der Waals surface area contributed by atoms with E-state index in [1.54, 1.807) is 27.7 Å². The Morgan fingerprint density at radius 3 is 2.45 bits per heavy atom. The molecule has 0 aromatic carbocycles. The summed E-state index contributed by atoms with van der Waals surface area (Å²) in [5, 5.41) is 15.5. The van der Waals surface area contributed by atoms with Crippen LogP contribution in [-0.4, -0.2) is 35.6 Å². The number of carbonyl (C=O) groups excluding carboxylic acids is 1. The SMILES string of the molecule is CC(C)(NC(=O)CCC1CCCNC1)C(C)(C)C(=O)O. The highest BCUT2D eigenvalue weighted by Gasteiger charge is 2.44. The zero-order valence-electron chi connectivity index (χ0n) is 13.1. The van der Waals surface area contributed by atoms with Crippen molar-refractivity contribution in [3.05, 3.63) is 0 Å². The van der Waals surface area contributed by atoms with Crippen molar-refractivity contribution < 1.29 is 14.7 Å². The summed E-state index contributed by atoms with van der Waals surface area (Å²) in [5.41, 5.74) is -1.78. The molecular weight excluding hydrogens is 256 g/mol. The minimum absolute atomic E-state index is 0.0603. The predicted molar refractivity (Wildman–Crippen MR) is 78.5 cm³/mol. The van der Waals surface area contributed by atoms with E-state index in [-0.39, 0.29) is 5.91 Å². The number of carboxylic acids is 1. The number of hydrogen-bond donors (Lipinski definition) is 3. The van der Waals surface area contributed by atoms with Crippen molar-refractivity contribution in [1.82, 2.24) is 10.6 Å². The average molecular weight is 284 g/mol. The van der Waals surface area contributed by atoms with Crippen LogP contribution in [0.5, 0.6) is 0 Å². The lowest BCUT2D eigenvalue weighted by Gasteiger charge is -2.39. The van der Waals surface area contributed by atoms with E-state index in [0.29, 0.717) is 12.3 Å². The molecule has 1 rings (SSSR count). The van der Waals surface area contributed by atoms with E-state index in [1.807, 2.05) is 0 Å². The molecule has 1 amide bonds. The first kappa shape index (κ1) is 17.0. The molecule has 3 N–H and O–H groups in total. The highest BCUT2D eigenvalue weighted by Crippen LogP contribution is 2.31. The van der Waals surface area contributed by atoms with Gasteiger partial charge in [0.1, 0.15) is 0 Å². The molecule has 1 aliphatic rings. The lowest BCUT2D eigenvalue weighted by molar-refractivity contribution is -0.151. The van der Waals surface area contributed by atoms with E-state index in [1.165, 1.54) is 12.8 Å². The number of rotatable bonds is 6. The van der Waals surface area contributed by atoms with Crippen molar-refractivity contribution in [3.63, 3.8) is 0 Å². The van der Waals surface area contributed by atoms with Crippen LogP contribution in [0.3, 0.4) is 0 Å². The van der Waals surface area contributed by atoms with Crippen LogP contribution in [0.4, 0.5) is 0 Å². The van der Waals surface area contributed by atoms with Gasteiger partial charge < -0.3 is 15.7 Å². The second-order valence-electron chi connectivity index (χ2n) is 6.85. The van der Waals surface area contributed by atoms with Gasteiger partial charge in [-0.15, -0.1) is 0 Å². The Kier molecular flexibility index (Phi) is 5.57. The highest BCUT2D eigenvalue weighted by atomic mass is 16.4. The molecule has 0 radical (unpaired) electrons. The largest absolute Gasteiger partial charge is 0.481 e. The predicted octanol–water partition coefficient (Wildman–Crippen LogP) is 1.77. The molecule has 1 heterocycles. The molecular formula is C15H28N2O3. The third-order valence-electron chi connectivity index (χ3n) is 4.73. The smallest absolute Gasteiger partial charge is 0.311 e. The van der Waals surface area contributed by atoms with E-state index in [9.17, 15) is 14.7 Å². The molecule has 1 aliphatic heterocycles. The minimum Gasteiger partial charge on any atom is -0.481 e. The van der Waals surface area contributed by atoms with Crippen LogP contribution in [0.2, 0.25) is 0 Å². The highest BCUT2D eigenvalue weighted by molar-refractivity contribution is 5.80. The Morgan fingerprint density at radius 1 is 1.30 bits per heavy atom. The summed E-state index contributed by atoms with van der Waals surface area (Å²) in [7, 11) is 0. The molecule has 116 valence electrons. The van der Waals surface area contributed by atoms with Crippen molar-refractivity contribution in [2.45, 2.75) is 58.9 Å². The molecule has 1 fully saturated rings. The second kappa shape index (κ2) is 6.57. The number of carboxylic acid groups (broad SMARTS) is 1. The topological polar surface area (TPSA) is 78.4 Å². The number of aliphatic carboxylic acids is 1. The van der Waals surface area contributed by atoms with Gasteiger partial charge in [0.25, 0.3) is 0 Å². The Balaban J connectivity index is 2.46. The number of carbonyl (C=O) groups is 2. The first-order valence-corrected chi connectivity index (χ1v) is 7.42. The summed E-state index contributed by atoms with van der Waals surface area (Å²) in [5.74, 6) is -0.403. The molecule has 0 aromatic heterocycles. The molecule has 0 bridgehead atoms. The van der Waals surface area contributed by atoms with Gasteiger partial charge in [-0.05, 0) is 66.0 Å². The maximum Gasteiger partial charge on any atom is 0.311 e. The summed E-state index contributed by atoms with van der Waals surface area (Å²) in [6, 6.07) is 0. The zero-order valence-corrected chi connectivity index (χ0v) is 13.1. The lowest BCUT2D eigenvalue weighted by atomic mass is 9.74. The van der Waals surface area contributed by atoms with Gasteiger partial charge in [0, 0.05) is 12.0 Å². The quantitative estimate of drug-likeness (QED) is 0.694. The lowest BCUT2D eigenvalue weighted by Crippen LogP contribution is -2.57. The Hall–Kier alpha value is -1.10. The third kappa shape index (κ3) is 4.20. The fraction of sp³-hybridized carbons (Fsp3) is 0.867. The average Bonchev–Trinajstić information content (AvgIpc) is 2.36. The number of hydrogen-bond acceptors (Lipinski definition) is 3. The number of nitrogens with one attached hydrogen (secondary N) is 2. The van der Waals surface area contributed by atoms with Crippen LogP contribution < -0.4 is 10.6 Å². The number of amides is 1. The van der Waals surface area contributed by atoms with E-state index < -0.39 is 16.9 Å². The molecule has 1 saturated heterocycles. The molecule has 0 aromatic rings. The Bertz CT molecular complexity index is 358. The monoisotopic (exact) mass is 284 g/mol. The summed E-state index contributed by atoms with van der Waals surface area (Å²) >= 11 is 0. The normalized spacial score (nSPS) is 20.5. The van der Waals surface area contributed by atoms with Crippen LogP contribution in [0, 0.1) is 11.3 Å². The van der Waals surface area contributed by atoms with Gasteiger partial charge in [0.2, 0.25) is 5.91 Å². The summed E-state index contributed by atoms with van der Waals surface area (Å²) in [6.45, 7) is 8.86. The molecule has 1 unspecified atom stereocenters. The van der Waals surface area contributed by atoms with Crippen LogP contribution in [-0.2, 0) is 9.59 Å². The fourth-order valence-corrected chi connectivity index (χ4v) is 2.34. The molecule has 0 saturated carbocycles. The van der Waals surface area contributed by atoms with Crippen molar-refractivity contribution in [1.29, 1.82) is 0 Å². The molecule has 0 spiro atoms. The van der Waals surface area contributed by atoms with Gasteiger partial charge in [0.15, 0.2) is 0 Å². The van der Waals surface area contributed by atoms with Crippen LogP contribution >= 0.6 is 0 Å². The van der Waals surface area contributed by atoms with Gasteiger partial charge in [-0.3, -0.25) is 9.59 Å². The van der Waals surface area contributed by atoms with Gasteiger partial charge in [-0.25, -0.2) is 0 Å². The van der Waals surface area contributed by atoms with Gasteiger partial charge in [-0.1, -0.05) is 0 Å². The van der Waals surface area contributed by atoms with E-state index in [0.717, 1.165) is 19.5 Å². The molecule has 20 heavy (non-hydrogen) atoms. The van der Waals surface area contributed by atoms with Crippen LogP contribution in [0.25, 0.3) is 0 Å². The summed E-state index contributed by atoms with van der Waals surface area (Å²) < 4.78 is 0. The van der Waals surface area contributed by atoms with Gasteiger partial charge >= 0.3 is 5.97 Å². The molecule has 5 nitrogen and oxygen atoms in total. The maximum atomic E-state index is 12.0. The first-order chi connectivity index (χ1) is 9.17. The molecule has 0 aliphatic carbocycles. The van der Waals surface area contributed by atoms with Gasteiger partial charge in [0.05, 0.1) is 5.41 Å². The molecule has 5 heteroatoms. The van der Waals surface area contributed by atoms with E-state index in [2.05, 4.69) is 10.6 Å². The molecule has 1 atom stereocenters. The second-order valence-corrected chi connectivity index (χ2v) is 6.85. The van der Waals surface area contributed by atoms with Crippen molar-refractivity contribution >= 4 is 11.9 Å². The Morgan fingerprint density at radius 2 is 1.95 bits per heavy atom. The Labute approximate surface area is 121 Å². The fourth-order valence-electron chi connectivity index (χ4n) is 2.34. The van der Waals surface area contributed by atoms with E-state index in [4.69, 9.17) is 0 Å². The van der Waals surface area contributed by atoms with Crippen LogP contribution in [0.1, 0.15) is 53.4 Å². The van der Waals surface area contributed by atoms with Crippen molar-refractivity contribution in [2.24, 2.45) is 11.3 Å². The van der Waals surface area contributed by atoms with Crippen molar-refractivity contribution in [3.8, 4) is 0 Å². The zero-order chi connectivity index (χ0) is 15.4. The van der Waals surface area contributed by atoms with E-state index >= 15 is 0 Å². The third-order valence-corrected chi connectivity index (χ3v) is 4.73. The standard InChI is InChI=1S/C15H28N2O3/c1-14(2,13(19)20)15(3,4)17-12(18)8-7-11-6-5-9-16-10-11/h11,16H,5-10H2,1-4H3,(H,17,18)(H,19,20). The van der Waals surface area contributed by atoms with Crippen LogP contribution in [0.15, 0.2) is 0 Å². The maximum absolute atomic E-state index is 12.0. The summed E-state index contributed by atoms with van der Waals surface area (Å²) in [4.78, 5) is 23.3. The minimum atomic E-state index is -1.00. The first-order valence-electron chi connectivity index (χ1n) is 7.42. The number of piperidine rings is 1. The summed E-state index contributed by atoms with van der Waals surface area (Å²) in [6.07, 6.45) is 3.67. The van der Waals surface area contributed by atoms with Crippen molar-refractivity contribution in [2.75, 3.05) is 13.1 Å².